The third kappa shape index (κ3) is 4.39. The van der Waals surface area contributed by atoms with Crippen molar-refractivity contribution in [1.82, 2.24) is 14.7 Å². The van der Waals surface area contributed by atoms with Crippen LogP contribution in [0.5, 0.6) is 0 Å². The van der Waals surface area contributed by atoms with E-state index in [2.05, 4.69) is 32.6 Å². The van der Waals surface area contributed by atoms with Crippen molar-refractivity contribution in [3.8, 4) is 0 Å². The highest BCUT2D eigenvalue weighted by molar-refractivity contribution is 7.09. The third-order valence-electron chi connectivity index (χ3n) is 5.46. The summed E-state index contributed by atoms with van der Waals surface area (Å²) < 4.78 is 0. The van der Waals surface area contributed by atoms with Crippen LogP contribution < -0.4 is 5.32 Å². The fraction of sp³-hybridized carbons (Fsp3) is 0.381. The number of hydrogen-bond acceptors (Lipinski definition) is 6. The Hall–Kier alpha value is -2.55. The number of imide groups is 1. The number of amides is 3. The molecule has 0 saturated carbocycles. The first-order valence-corrected chi connectivity index (χ1v) is 10.6. The molecule has 3 amide bonds. The molecular formula is C21H24N4O3S. The second-order valence-corrected chi connectivity index (χ2v) is 8.46. The van der Waals surface area contributed by atoms with Crippen LogP contribution in [0.1, 0.15) is 25.6 Å². The van der Waals surface area contributed by atoms with Gasteiger partial charge in [-0.2, -0.15) is 0 Å². The lowest BCUT2D eigenvalue weighted by molar-refractivity contribution is -0.117. The predicted octanol–water partition coefficient (Wildman–Crippen LogP) is 1.77. The van der Waals surface area contributed by atoms with Crippen molar-refractivity contribution in [2.45, 2.75) is 6.42 Å². The summed E-state index contributed by atoms with van der Waals surface area (Å²) >= 11 is 1.80. The number of carbonyl (C=O) groups is 3. The second-order valence-electron chi connectivity index (χ2n) is 7.43. The average Bonchev–Trinajstić information content (AvgIpc) is 3.31. The van der Waals surface area contributed by atoms with Crippen LogP contribution in [0.25, 0.3) is 0 Å². The molecule has 0 radical (unpaired) electrons. The van der Waals surface area contributed by atoms with Gasteiger partial charge in [0.2, 0.25) is 5.91 Å². The molecule has 2 aliphatic heterocycles. The van der Waals surface area contributed by atoms with Crippen molar-refractivity contribution in [1.29, 1.82) is 0 Å². The Kier molecular flexibility index (Phi) is 5.75. The first kappa shape index (κ1) is 19.8. The van der Waals surface area contributed by atoms with Crippen LogP contribution in [0.4, 0.5) is 5.69 Å². The highest BCUT2D eigenvalue weighted by Crippen LogP contribution is 2.24. The van der Waals surface area contributed by atoms with Crippen LogP contribution in [0.2, 0.25) is 0 Å². The van der Waals surface area contributed by atoms with Gasteiger partial charge >= 0.3 is 0 Å². The largest absolute Gasteiger partial charge is 0.325 e. The standard InChI is InChI=1S/C21H24N4O3S/c1-23-20(27)17-5-4-15(13-18(17)21(23)28)22-19(26)14-25-10-8-24(9-11-25)7-6-16-3-2-12-29-16/h2-5,12-13H,6-11,14H2,1H3,(H,22,26). The maximum atomic E-state index is 12.4. The first-order chi connectivity index (χ1) is 14.0. The fourth-order valence-electron chi connectivity index (χ4n) is 3.74. The molecule has 29 heavy (non-hydrogen) atoms. The van der Waals surface area contributed by atoms with Crippen LogP contribution in [0.15, 0.2) is 35.7 Å². The molecule has 1 aromatic heterocycles. The number of anilines is 1. The van der Waals surface area contributed by atoms with Crippen LogP contribution in [0, 0.1) is 0 Å². The molecule has 2 aliphatic rings. The number of piperazine rings is 1. The minimum Gasteiger partial charge on any atom is -0.325 e. The number of rotatable bonds is 6. The van der Waals surface area contributed by atoms with E-state index in [0.29, 0.717) is 23.4 Å². The van der Waals surface area contributed by atoms with Crippen molar-refractivity contribution >= 4 is 34.7 Å². The fourth-order valence-corrected chi connectivity index (χ4v) is 4.43. The summed E-state index contributed by atoms with van der Waals surface area (Å²) in [6.07, 6.45) is 1.08. The molecule has 2 aromatic rings. The number of benzene rings is 1. The molecule has 1 aromatic carbocycles. The van der Waals surface area contributed by atoms with Crippen molar-refractivity contribution in [2.24, 2.45) is 0 Å². The van der Waals surface area contributed by atoms with E-state index in [4.69, 9.17) is 0 Å². The van der Waals surface area contributed by atoms with Gasteiger partial charge in [0.1, 0.15) is 0 Å². The highest BCUT2D eigenvalue weighted by atomic mass is 32.1. The molecule has 1 fully saturated rings. The zero-order valence-electron chi connectivity index (χ0n) is 16.4. The van der Waals surface area contributed by atoms with E-state index in [-0.39, 0.29) is 17.7 Å². The molecule has 0 spiro atoms. The van der Waals surface area contributed by atoms with Crippen molar-refractivity contribution < 1.29 is 14.4 Å². The van der Waals surface area contributed by atoms with E-state index in [9.17, 15) is 14.4 Å². The molecule has 7 nitrogen and oxygen atoms in total. The van der Waals surface area contributed by atoms with Gasteiger partial charge in [-0.25, -0.2) is 0 Å². The maximum Gasteiger partial charge on any atom is 0.261 e. The van der Waals surface area contributed by atoms with Gasteiger partial charge in [0.25, 0.3) is 11.8 Å². The molecule has 1 N–H and O–H groups in total. The summed E-state index contributed by atoms with van der Waals surface area (Å²) in [4.78, 5) is 43.6. The zero-order chi connectivity index (χ0) is 20.4. The predicted molar refractivity (Wildman–Crippen MR) is 112 cm³/mol. The normalized spacial score (nSPS) is 17.6. The lowest BCUT2D eigenvalue weighted by atomic mass is 10.1. The van der Waals surface area contributed by atoms with E-state index in [1.165, 1.54) is 11.9 Å². The Morgan fingerprint density at radius 1 is 1.03 bits per heavy atom. The second kappa shape index (κ2) is 8.44. The monoisotopic (exact) mass is 412 g/mol. The number of nitrogens with zero attached hydrogens (tertiary/aromatic N) is 3. The van der Waals surface area contributed by atoms with E-state index >= 15 is 0 Å². The van der Waals surface area contributed by atoms with Gasteiger partial charge in [0.15, 0.2) is 0 Å². The van der Waals surface area contributed by atoms with E-state index < -0.39 is 0 Å². The minimum absolute atomic E-state index is 0.109. The summed E-state index contributed by atoms with van der Waals surface area (Å²) in [6.45, 7) is 5.01. The summed E-state index contributed by atoms with van der Waals surface area (Å²) in [7, 11) is 1.46. The van der Waals surface area contributed by atoms with Gasteiger partial charge in [-0.05, 0) is 36.1 Å². The minimum atomic E-state index is -0.334. The van der Waals surface area contributed by atoms with Crippen molar-refractivity contribution in [3.05, 3.63) is 51.7 Å². The zero-order valence-corrected chi connectivity index (χ0v) is 17.2. The smallest absolute Gasteiger partial charge is 0.261 e. The first-order valence-electron chi connectivity index (χ1n) is 9.74. The molecule has 0 atom stereocenters. The van der Waals surface area contributed by atoms with Gasteiger partial charge in [0, 0.05) is 50.3 Å². The van der Waals surface area contributed by atoms with Crippen LogP contribution in [-0.4, -0.2) is 78.7 Å². The van der Waals surface area contributed by atoms with E-state index in [0.717, 1.165) is 44.0 Å². The highest BCUT2D eigenvalue weighted by Gasteiger charge is 2.32. The average molecular weight is 413 g/mol. The topological polar surface area (TPSA) is 73.0 Å². The van der Waals surface area contributed by atoms with Gasteiger partial charge in [-0.3, -0.25) is 24.2 Å². The van der Waals surface area contributed by atoms with Gasteiger partial charge in [-0.1, -0.05) is 6.07 Å². The molecule has 8 heteroatoms. The molecule has 0 aliphatic carbocycles. The summed E-state index contributed by atoms with van der Waals surface area (Å²) in [6, 6.07) is 9.11. The maximum absolute atomic E-state index is 12.4. The third-order valence-corrected chi connectivity index (χ3v) is 6.40. The molecule has 4 rings (SSSR count). The van der Waals surface area contributed by atoms with Crippen molar-refractivity contribution in [2.75, 3.05) is 51.6 Å². The number of thiophene rings is 1. The number of fused-ring (bicyclic) bond motifs is 1. The lowest BCUT2D eigenvalue weighted by Crippen LogP contribution is -2.49. The summed E-state index contributed by atoms with van der Waals surface area (Å²) in [5.74, 6) is -0.748. The molecule has 1 saturated heterocycles. The Bertz CT molecular complexity index is 920. The lowest BCUT2D eigenvalue weighted by Gasteiger charge is -2.34. The summed E-state index contributed by atoms with van der Waals surface area (Å²) in [5, 5.41) is 4.96. The Morgan fingerprint density at radius 2 is 1.76 bits per heavy atom. The molecule has 3 heterocycles. The van der Waals surface area contributed by atoms with Crippen LogP contribution in [0.3, 0.4) is 0 Å². The van der Waals surface area contributed by atoms with Gasteiger partial charge < -0.3 is 10.2 Å². The van der Waals surface area contributed by atoms with Crippen LogP contribution >= 0.6 is 11.3 Å². The van der Waals surface area contributed by atoms with Crippen molar-refractivity contribution in [3.63, 3.8) is 0 Å². The number of carbonyl (C=O) groups excluding carboxylic acids is 3. The SMILES string of the molecule is CN1C(=O)c2ccc(NC(=O)CN3CCN(CCc4cccs4)CC3)cc2C1=O. The molecule has 0 bridgehead atoms. The van der Waals surface area contributed by atoms with E-state index in [1.807, 2.05) is 0 Å². The quantitative estimate of drug-likeness (QED) is 0.732. The Morgan fingerprint density at radius 3 is 2.48 bits per heavy atom. The van der Waals surface area contributed by atoms with E-state index in [1.54, 1.807) is 29.5 Å². The molecule has 152 valence electrons. The van der Waals surface area contributed by atoms with Gasteiger partial charge in [0.05, 0.1) is 17.7 Å². The molecular weight excluding hydrogens is 388 g/mol. The summed E-state index contributed by atoms with van der Waals surface area (Å²) in [5.41, 5.74) is 1.27. The number of nitrogens with one attached hydrogen (secondary N) is 1. The Labute approximate surface area is 173 Å². The Balaban J connectivity index is 1.25. The molecule has 0 unspecified atom stereocenters. The van der Waals surface area contributed by atoms with Gasteiger partial charge in [-0.15, -0.1) is 11.3 Å². The van der Waals surface area contributed by atoms with Crippen LogP contribution in [-0.2, 0) is 11.2 Å². The number of hydrogen-bond donors (Lipinski definition) is 1.